The molecule has 1 aliphatic rings. The SMILES string of the molecule is CCn1cc(-n2ccnc2-c2ccc(N3CCN(C)CC3)cc2)cn1. The molecular formula is C19H24N6. The van der Waals surface area contributed by atoms with E-state index in [1.807, 2.05) is 29.5 Å². The minimum absolute atomic E-state index is 0.865. The van der Waals surface area contributed by atoms with Crippen molar-refractivity contribution in [2.75, 3.05) is 38.1 Å². The standard InChI is InChI=1S/C19H24N6/c1-3-24-15-18(14-21-24)25-9-8-20-19(25)16-4-6-17(7-5-16)23-12-10-22(2)11-13-23/h4-9,14-15H,3,10-13H2,1-2H3. The molecule has 3 aromatic rings. The van der Waals surface area contributed by atoms with Gasteiger partial charge >= 0.3 is 0 Å². The first kappa shape index (κ1) is 15.9. The van der Waals surface area contributed by atoms with Crippen LogP contribution in [0.2, 0.25) is 0 Å². The second-order valence-electron chi connectivity index (χ2n) is 6.51. The molecule has 0 amide bonds. The lowest BCUT2D eigenvalue weighted by atomic mass is 10.1. The van der Waals surface area contributed by atoms with Gasteiger partial charge in [0.25, 0.3) is 0 Å². The minimum Gasteiger partial charge on any atom is -0.369 e. The van der Waals surface area contributed by atoms with Crippen LogP contribution >= 0.6 is 0 Å². The van der Waals surface area contributed by atoms with Gasteiger partial charge < -0.3 is 9.80 Å². The van der Waals surface area contributed by atoms with Gasteiger partial charge in [-0.1, -0.05) is 0 Å². The Kier molecular flexibility index (Phi) is 4.28. The number of hydrogen-bond acceptors (Lipinski definition) is 4. The van der Waals surface area contributed by atoms with Crippen LogP contribution in [0.5, 0.6) is 0 Å². The van der Waals surface area contributed by atoms with Crippen molar-refractivity contribution in [2.45, 2.75) is 13.5 Å². The molecule has 0 radical (unpaired) electrons. The summed E-state index contributed by atoms with van der Waals surface area (Å²) in [6, 6.07) is 8.73. The van der Waals surface area contributed by atoms with E-state index >= 15 is 0 Å². The number of aromatic nitrogens is 4. The number of benzene rings is 1. The maximum Gasteiger partial charge on any atom is 0.144 e. The third-order valence-corrected chi connectivity index (χ3v) is 4.86. The zero-order chi connectivity index (χ0) is 17.2. The molecule has 6 nitrogen and oxygen atoms in total. The van der Waals surface area contributed by atoms with E-state index in [9.17, 15) is 0 Å². The van der Waals surface area contributed by atoms with Crippen LogP contribution < -0.4 is 4.90 Å². The van der Waals surface area contributed by atoms with E-state index in [-0.39, 0.29) is 0 Å². The highest BCUT2D eigenvalue weighted by Gasteiger charge is 2.15. The van der Waals surface area contributed by atoms with E-state index in [1.165, 1.54) is 5.69 Å². The summed E-state index contributed by atoms with van der Waals surface area (Å²) in [6.07, 6.45) is 7.75. The summed E-state index contributed by atoms with van der Waals surface area (Å²) >= 11 is 0. The second kappa shape index (κ2) is 6.72. The molecule has 0 N–H and O–H groups in total. The quantitative estimate of drug-likeness (QED) is 0.734. The Morgan fingerprint density at radius 3 is 2.44 bits per heavy atom. The molecule has 0 aliphatic carbocycles. The van der Waals surface area contributed by atoms with Gasteiger partial charge in [0.15, 0.2) is 0 Å². The lowest BCUT2D eigenvalue weighted by Gasteiger charge is -2.34. The van der Waals surface area contributed by atoms with Crippen LogP contribution in [0.3, 0.4) is 0 Å². The number of aryl methyl sites for hydroxylation is 1. The summed E-state index contributed by atoms with van der Waals surface area (Å²) in [7, 11) is 2.18. The lowest BCUT2D eigenvalue weighted by Crippen LogP contribution is -2.44. The van der Waals surface area contributed by atoms with Crippen LogP contribution in [-0.4, -0.2) is 57.5 Å². The molecule has 1 aliphatic heterocycles. The number of nitrogens with zero attached hydrogens (tertiary/aromatic N) is 6. The molecule has 1 aromatic carbocycles. The first-order valence-corrected chi connectivity index (χ1v) is 8.84. The molecule has 0 bridgehead atoms. The van der Waals surface area contributed by atoms with Crippen LogP contribution in [0.15, 0.2) is 49.1 Å². The monoisotopic (exact) mass is 336 g/mol. The Balaban J connectivity index is 1.58. The normalized spacial score (nSPS) is 15.7. The molecule has 0 saturated carbocycles. The van der Waals surface area contributed by atoms with Gasteiger partial charge in [0.05, 0.1) is 11.9 Å². The minimum atomic E-state index is 0.865. The fourth-order valence-corrected chi connectivity index (χ4v) is 3.26. The van der Waals surface area contributed by atoms with E-state index in [4.69, 9.17) is 0 Å². The third-order valence-electron chi connectivity index (χ3n) is 4.86. The van der Waals surface area contributed by atoms with Crippen molar-refractivity contribution in [3.05, 3.63) is 49.1 Å². The highest BCUT2D eigenvalue weighted by atomic mass is 15.3. The predicted molar refractivity (Wildman–Crippen MR) is 100 cm³/mol. The Hall–Kier alpha value is -2.60. The van der Waals surface area contributed by atoms with Crippen LogP contribution in [0.4, 0.5) is 5.69 Å². The summed E-state index contributed by atoms with van der Waals surface area (Å²) in [6.45, 7) is 7.36. The Labute approximate surface area is 148 Å². The molecule has 0 spiro atoms. The third kappa shape index (κ3) is 3.17. The Morgan fingerprint density at radius 2 is 1.76 bits per heavy atom. The van der Waals surface area contributed by atoms with Crippen molar-refractivity contribution in [2.24, 2.45) is 0 Å². The average molecular weight is 336 g/mol. The maximum absolute atomic E-state index is 4.56. The molecule has 0 atom stereocenters. The highest BCUT2D eigenvalue weighted by molar-refractivity contribution is 5.62. The largest absolute Gasteiger partial charge is 0.369 e. The van der Waals surface area contributed by atoms with Gasteiger partial charge in [-0.15, -0.1) is 0 Å². The van der Waals surface area contributed by atoms with E-state index < -0.39 is 0 Å². The number of piperazine rings is 1. The molecular weight excluding hydrogens is 312 g/mol. The van der Waals surface area contributed by atoms with Gasteiger partial charge in [-0.05, 0) is 38.2 Å². The van der Waals surface area contributed by atoms with Crippen LogP contribution in [0, 0.1) is 0 Å². The van der Waals surface area contributed by atoms with E-state index in [0.29, 0.717) is 0 Å². The number of imidazole rings is 1. The summed E-state index contributed by atoms with van der Waals surface area (Å²) in [5, 5.41) is 4.36. The summed E-state index contributed by atoms with van der Waals surface area (Å²) in [5.41, 5.74) is 3.44. The van der Waals surface area contributed by atoms with Crippen LogP contribution in [0.1, 0.15) is 6.92 Å². The number of anilines is 1. The van der Waals surface area contributed by atoms with Crippen molar-refractivity contribution >= 4 is 5.69 Å². The van der Waals surface area contributed by atoms with E-state index in [2.05, 4.69) is 62.7 Å². The predicted octanol–water partition coefficient (Wildman–Crippen LogP) is 2.51. The molecule has 3 heterocycles. The number of hydrogen-bond donors (Lipinski definition) is 0. The van der Waals surface area contributed by atoms with Gasteiger partial charge in [-0.25, -0.2) is 4.98 Å². The molecule has 1 saturated heterocycles. The molecule has 0 unspecified atom stereocenters. The molecule has 6 heteroatoms. The van der Waals surface area contributed by atoms with Crippen molar-refractivity contribution < 1.29 is 0 Å². The average Bonchev–Trinajstić information content (AvgIpc) is 3.31. The van der Waals surface area contributed by atoms with E-state index in [1.54, 1.807) is 0 Å². The van der Waals surface area contributed by atoms with Gasteiger partial charge in [-0.2, -0.15) is 5.10 Å². The highest BCUT2D eigenvalue weighted by Crippen LogP contribution is 2.25. The molecule has 130 valence electrons. The zero-order valence-corrected chi connectivity index (χ0v) is 14.8. The number of rotatable bonds is 4. The summed E-state index contributed by atoms with van der Waals surface area (Å²) in [5.74, 6) is 0.945. The molecule has 4 rings (SSSR count). The van der Waals surface area contributed by atoms with Crippen molar-refractivity contribution in [1.82, 2.24) is 24.2 Å². The smallest absolute Gasteiger partial charge is 0.144 e. The number of likely N-dealkylation sites (N-methyl/N-ethyl adjacent to an activating group) is 1. The van der Waals surface area contributed by atoms with Gasteiger partial charge in [0, 0.05) is 62.6 Å². The lowest BCUT2D eigenvalue weighted by molar-refractivity contribution is 0.313. The Morgan fingerprint density at radius 1 is 1.00 bits per heavy atom. The van der Waals surface area contributed by atoms with Crippen LogP contribution in [0.25, 0.3) is 17.1 Å². The van der Waals surface area contributed by atoms with Gasteiger partial charge in [0.1, 0.15) is 5.82 Å². The van der Waals surface area contributed by atoms with Crippen molar-refractivity contribution in [3.63, 3.8) is 0 Å². The van der Waals surface area contributed by atoms with Crippen LogP contribution in [-0.2, 0) is 6.54 Å². The van der Waals surface area contributed by atoms with Crippen molar-refractivity contribution in [3.8, 4) is 17.1 Å². The molecule has 1 fully saturated rings. The van der Waals surface area contributed by atoms with Crippen molar-refractivity contribution in [1.29, 1.82) is 0 Å². The molecule has 25 heavy (non-hydrogen) atoms. The van der Waals surface area contributed by atoms with Gasteiger partial charge in [-0.3, -0.25) is 9.25 Å². The molecule has 2 aromatic heterocycles. The fourth-order valence-electron chi connectivity index (χ4n) is 3.26. The topological polar surface area (TPSA) is 42.1 Å². The summed E-state index contributed by atoms with van der Waals surface area (Å²) < 4.78 is 4.01. The fraction of sp³-hybridized carbons (Fsp3) is 0.368. The van der Waals surface area contributed by atoms with E-state index in [0.717, 1.165) is 49.8 Å². The van der Waals surface area contributed by atoms with Gasteiger partial charge in [0.2, 0.25) is 0 Å². The Bertz CT molecular complexity index is 824. The zero-order valence-electron chi connectivity index (χ0n) is 14.8. The first-order chi connectivity index (χ1) is 12.2. The second-order valence-corrected chi connectivity index (χ2v) is 6.51. The summed E-state index contributed by atoms with van der Waals surface area (Å²) in [4.78, 5) is 9.37. The maximum atomic E-state index is 4.56. The first-order valence-electron chi connectivity index (χ1n) is 8.84.